The summed E-state index contributed by atoms with van der Waals surface area (Å²) in [5, 5.41) is 20.8. The van der Waals surface area contributed by atoms with Crippen LogP contribution in [0.3, 0.4) is 0 Å². The van der Waals surface area contributed by atoms with Gasteiger partial charge in [-0.3, -0.25) is 14.6 Å². The van der Waals surface area contributed by atoms with Crippen LogP contribution in [0.15, 0.2) is 78.5 Å². The van der Waals surface area contributed by atoms with Crippen molar-refractivity contribution in [2.75, 3.05) is 0 Å². The molecule has 0 saturated carbocycles. The molecule has 150 valence electrons. The van der Waals surface area contributed by atoms with Crippen LogP contribution in [0.25, 0.3) is 5.76 Å². The van der Waals surface area contributed by atoms with Gasteiger partial charge in [0.2, 0.25) is 0 Å². The third-order valence-electron chi connectivity index (χ3n) is 4.90. The van der Waals surface area contributed by atoms with E-state index in [0.29, 0.717) is 11.3 Å². The van der Waals surface area contributed by atoms with Gasteiger partial charge in [0.25, 0.3) is 11.7 Å². The van der Waals surface area contributed by atoms with Gasteiger partial charge in [-0.25, -0.2) is 4.39 Å². The molecule has 2 N–H and O–H groups in total. The van der Waals surface area contributed by atoms with Crippen LogP contribution in [-0.4, -0.2) is 31.8 Å². The molecule has 1 saturated heterocycles. The number of carbonyl (C=O) groups is 2. The molecule has 0 radical (unpaired) electrons. The minimum Gasteiger partial charge on any atom is -0.508 e. The van der Waals surface area contributed by atoms with Crippen molar-refractivity contribution in [1.29, 1.82) is 0 Å². The zero-order valence-corrected chi connectivity index (χ0v) is 15.7. The highest BCUT2D eigenvalue weighted by atomic mass is 19.1. The molecule has 0 aliphatic carbocycles. The summed E-state index contributed by atoms with van der Waals surface area (Å²) in [6.45, 7) is 0.0337. The highest BCUT2D eigenvalue weighted by molar-refractivity contribution is 6.46. The second-order valence-electron chi connectivity index (χ2n) is 6.85. The first-order valence-electron chi connectivity index (χ1n) is 9.19. The molecule has 6 nitrogen and oxygen atoms in total. The number of aliphatic hydroxyl groups is 1. The average molecular weight is 404 g/mol. The molecule has 1 aliphatic rings. The van der Waals surface area contributed by atoms with E-state index in [1.807, 2.05) is 0 Å². The van der Waals surface area contributed by atoms with Gasteiger partial charge >= 0.3 is 0 Å². The van der Waals surface area contributed by atoms with E-state index < -0.39 is 29.3 Å². The highest BCUT2D eigenvalue weighted by Gasteiger charge is 2.46. The normalized spacial score (nSPS) is 18.0. The number of aromatic hydroxyl groups is 1. The van der Waals surface area contributed by atoms with E-state index in [4.69, 9.17) is 0 Å². The number of nitrogens with zero attached hydrogens (tertiary/aromatic N) is 2. The number of aromatic nitrogens is 1. The monoisotopic (exact) mass is 404 g/mol. The second-order valence-corrected chi connectivity index (χ2v) is 6.85. The predicted octanol–water partition coefficient (Wildman–Crippen LogP) is 3.55. The van der Waals surface area contributed by atoms with Crippen molar-refractivity contribution in [3.63, 3.8) is 0 Å². The lowest BCUT2D eigenvalue weighted by Crippen LogP contribution is -2.29. The summed E-state index contributed by atoms with van der Waals surface area (Å²) in [4.78, 5) is 31.3. The molecule has 7 heteroatoms. The third kappa shape index (κ3) is 3.53. The SMILES string of the molecule is O=C1C(=O)N(Cc2ccccn2)C(c2cccc(O)c2)/C1=C(/O)c1ccc(F)cc1. The lowest BCUT2D eigenvalue weighted by atomic mass is 9.95. The molecule has 2 aromatic carbocycles. The van der Waals surface area contributed by atoms with Crippen molar-refractivity contribution in [1.82, 2.24) is 9.88 Å². The summed E-state index contributed by atoms with van der Waals surface area (Å²) in [5.74, 6) is -2.60. The van der Waals surface area contributed by atoms with Crippen LogP contribution in [0.1, 0.15) is 22.9 Å². The molecule has 0 bridgehead atoms. The summed E-state index contributed by atoms with van der Waals surface area (Å²) in [7, 11) is 0. The number of phenols is 1. The molecular weight excluding hydrogens is 387 g/mol. The van der Waals surface area contributed by atoms with Crippen molar-refractivity contribution >= 4 is 17.4 Å². The lowest BCUT2D eigenvalue weighted by molar-refractivity contribution is -0.140. The van der Waals surface area contributed by atoms with Gasteiger partial charge in [0.05, 0.1) is 23.9 Å². The van der Waals surface area contributed by atoms with Crippen molar-refractivity contribution in [3.05, 3.63) is 101 Å². The maximum Gasteiger partial charge on any atom is 0.296 e. The number of likely N-dealkylation sites (tertiary alicyclic amines) is 1. The van der Waals surface area contributed by atoms with Gasteiger partial charge in [0, 0.05) is 11.8 Å². The molecule has 1 aromatic heterocycles. The van der Waals surface area contributed by atoms with Crippen LogP contribution < -0.4 is 0 Å². The van der Waals surface area contributed by atoms with Gasteiger partial charge in [-0.1, -0.05) is 18.2 Å². The fraction of sp³-hybridized carbons (Fsp3) is 0.0870. The number of halogens is 1. The van der Waals surface area contributed by atoms with E-state index in [9.17, 15) is 24.2 Å². The first-order valence-corrected chi connectivity index (χ1v) is 9.19. The van der Waals surface area contributed by atoms with E-state index in [1.54, 1.807) is 36.5 Å². The quantitative estimate of drug-likeness (QED) is 0.394. The van der Waals surface area contributed by atoms with E-state index in [-0.39, 0.29) is 23.4 Å². The Morgan fingerprint density at radius 2 is 1.80 bits per heavy atom. The van der Waals surface area contributed by atoms with Gasteiger partial charge in [-0.05, 0) is 54.1 Å². The average Bonchev–Trinajstić information content (AvgIpc) is 2.99. The highest BCUT2D eigenvalue weighted by Crippen LogP contribution is 2.40. The van der Waals surface area contributed by atoms with E-state index in [0.717, 1.165) is 12.1 Å². The maximum absolute atomic E-state index is 13.3. The largest absolute Gasteiger partial charge is 0.508 e. The van der Waals surface area contributed by atoms with E-state index >= 15 is 0 Å². The number of carbonyl (C=O) groups excluding carboxylic acids is 2. The molecule has 2 heterocycles. The Labute approximate surface area is 171 Å². The Bertz CT molecular complexity index is 1140. The zero-order valence-electron chi connectivity index (χ0n) is 15.7. The van der Waals surface area contributed by atoms with Gasteiger partial charge in [-0.2, -0.15) is 0 Å². The fourth-order valence-electron chi connectivity index (χ4n) is 3.51. The van der Waals surface area contributed by atoms with Crippen LogP contribution in [0.5, 0.6) is 5.75 Å². The maximum atomic E-state index is 13.3. The first kappa shape index (κ1) is 19.3. The lowest BCUT2D eigenvalue weighted by Gasteiger charge is -2.25. The molecule has 1 atom stereocenters. The van der Waals surface area contributed by atoms with Gasteiger partial charge in [0.15, 0.2) is 0 Å². The number of phenolic OH excluding ortho intramolecular Hbond substituents is 1. The number of Topliss-reactive ketones (excluding diaryl/α,β-unsaturated/α-hetero) is 1. The topological polar surface area (TPSA) is 90.7 Å². The summed E-state index contributed by atoms with van der Waals surface area (Å²) in [6, 6.07) is 15.4. The summed E-state index contributed by atoms with van der Waals surface area (Å²) >= 11 is 0. The number of hydrogen-bond donors (Lipinski definition) is 2. The summed E-state index contributed by atoms with van der Waals surface area (Å²) in [6.07, 6.45) is 1.58. The fourth-order valence-corrected chi connectivity index (χ4v) is 3.51. The molecule has 1 aliphatic heterocycles. The van der Waals surface area contributed by atoms with Gasteiger partial charge in [0.1, 0.15) is 17.3 Å². The standard InChI is InChI=1S/C23H17FN2O4/c24-16-9-7-14(8-10-16)21(28)19-20(15-4-3-6-18(27)12-15)26(23(30)22(19)29)13-17-5-1-2-11-25-17/h1-12,20,27-28H,13H2/b21-19-. The Hall–Kier alpha value is -4.00. The minimum atomic E-state index is -0.941. The number of aliphatic hydroxyl groups excluding tert-OH is 1. The Kier molecular flexibility index (Phi) is 5.02. The molecule has 4 rings (SSSR count). The number of pyridine rings is 1. The minimum absolute atomic E-state index is 0.0337. The number of rotatable bonds is 4. The van der Waals surface area contributed by atoms with Crippen LogP contribution in [0.4, 0.5) is 4.39 Å². The Balaban J connectivity index is 1.87. The Morgan fingerprint density at radius 1 is 1.03 bits per heavy atom. The molecule has 1 amide bonds. The van der Waals surface area contributed by atoms with Crippen molar-refractivity contribution < 1.29 is 24.2 Å². The zero-order chi connectivity index (χ0) is 21.3. The van der Waals surface area contributed by atoms with Gasteiger partial charge in [-0.15, -0.1) is 0 Å². The van der Waals surface area contributed by atoms with Crippen molar-refractivity contribution in [2.45, 2.75) is 12.6 Å². The van der Waals surface area contributed by atoms with Crippen LogP contribution in [0.2, 0.25) is 0 Å². The van der Waals surface area contributed by atoms with Crippen LogP contribution >= 0.6 is 0 Å². The molecule has 1 unspecified atom stereocenters. The van der Waals surface area contributed by atoms with Gasteiger partial charge < -0.3 is 15.1 Å². The van der Waals surface area contributed by atoms with E-state index in [1.165, 1.54) is 29.2 Å². The Morgan fingerprint density at radius 3 is 2.47 bits per heavy atom. The van der Waals surface area contributed by atoms with E-state index in [2.05, 4.69) is 4.98 Å². The molecule has 1 fully saturated rings. The van der Waals surface area contributed by atoms with Crippen LogP contribution in [-0.2, 0) is 16.1 Å². The van der Waals surface area contributed by atoms with Crippen LogP contribution in [0, 0.1) is 5.82 Å². The van der Waals surface area contributed by atoms with Crippen molar-refractivity contribution in [3.8, 4) is 5.75 Å². The molecular formula is C23H17FN2O4. The summed E-state index contributed by atoms with van der Waals surface area (Å²) in [5.41, 5.74) is 1.09. The molecule has 3 aromatic rings. The smallest absolute Gasteiger partial charge is 0.296 e. The number of ketones is 1. The number of hydrogen-bond acceptors (Lipinski definition) is 5. The second kappa shape index (κ2) is 7.79. The predicted molar refractivity (Wildman–Crippen MR) is 107 cm³/mol. The number of amides is 1. The molecule has 30 heavy (non-hydrogen) atoms. The molecule has 0 spiro atoms. The summed E-state index contributed by atoms with van der Waals surface area (Å²) < 4.78 is 13.3. The first-order chi connectivity index (χ1) is 14.5. The third-order valence-corrected chi connectivity index (χ3v) is 4.90. The number of benzene rings is 2. The van der Waals surface area contributed by atoms with Crippen molar-refractivity contribution in [2.24, 2.45) is 0 Å².